The Morgan fingerprint density at radius 3 is 2.53 bits per heavy atom. The average molecular weight is 453 g/mol. The molecule has 34 heavy (non-hydrogen) atoms. The molecule has 4 aromatic rings. The lowest BCUT2D eigenvalue weighted by Gasteiger charge is -2.32. The van der Waals surface area contributed by atoms with Crippen LogP contribution in [0.2, 0.25) is 0 Å². The van der Waals surface area contributed by atoms with Crippen LogP contribution in [0.5, 0.6) is 11.5 Å². The summed E-state index contributed by atoms with van der Waals surface area (Å²) in [7, 11) is 0. The molecule has 1 heterocycles. The number of H-pyrrole nitrogens is 1. The highest BCUT2D eigenvalue weighted by atomic mass is 16.5. The van der Waals surface area contributed by atoms with Gasteiger partial charge in [-0.3, -0.25) is 4.79 Å². The Labute approximate surface area is 199 Å². The van der Waals surface area contributed by atoms with Crippen LogP contribution in [0.4, 0.5) is 0 Å². The van der Waals surface area contributed by atoms with Crippen molar-refractivity contribution in [3.05, 3.63) is 113 Å². The number of aryl methyl sites for hydroxylation is 1. The van der Waals surface area contributed by atoms with Crippen molar-refractivity contribution in [1.82, 2.24) is 9.97 Å². The summed E-state index contributed by atoms with van der Waals surface area (Å²) >= 11 is 0. The van der Waals surface area contributed by atoms with Crippen LogP contribution in [0.3, 0.4) is 0 Å². The number of fused-ring (bicyclic) bond motifs is 1. The third-order valence-electron chi connectivity index (χ3n) is 6.51. The highest BCUT2D eigenvalue weighted by Gasteiger charge is 2.35. The number of aromatic nitrogens is 2. The van der Waals surface area contributed by atoms with E-state index in [2.05, 4.69) is 9.97 Å². The van der Waals surface area contributed by atoms with Gasteiger partial charge < -0.3 is 14.5 Å². The number of ether oxygens (including phenoxy) is 2. The Kier molecular flexibility index (Phi) is 5.93. The van der Waals surface area contributed by atoms with Gasteiger partial charge in [-0.25, -0.2) is 4.98 Å². The van der Waals surface area contributed by atoms with Gasteiger partial charge in [0.2, 0.25) is 0 Å². The van der Waals surface area contributed by atoms with Crippen molar-refractivity contribution in [2.45, 2.75) is 45.3 Å². The molecule has 0 amide bonds. The topological polar surface area (TPSA) is 64.2 Å². The van der Waals surface area contributed by atoms with Crippen LogP contribution in [-0.2, 0) is 18.6 Å². The SMILES string of the molecule is Cc1ccc(OCc2c(O[C@@](C)(c3ccccc3)c3ncc[nH]3)ccc3c2CCCC3=O)cc1. The smallest absolute Gasteiger partial charge is 0.188 e. The number of ketones is 1. The number of Topliss-reactive ketones (excluding diaryl/α,β-unsaturated/α-hetero) is 1. The number of rotatable bonds is 7. The number of carbonyl (C=O) groups is 1. The summed E-state index contributed by atoms with van der Waals surface area (Å²) in [6, 6.07) is 21.8. The van der Waals surface area contributed by atoms with Gasteiger partial charge in [-0.05, 0) is 56.5 Å². The zero-order chi connectivity index (χ0) is 23.5. The lowest BCUT2D eigenvalue weighted by atomic mass is 9.86. The summed E-state index contributed by atoms with van der Waals surface area (Å²) in [5, 5.41) is 0. The van der Waals surface area contributed by atoms with Gasteiger partial charge in [-0.2, -0.15) is 0 Å². The maximum atomic E-state index is 12.7. The summed E-state index contributed by atoms with van der Waals surface area (Å²) in [4.78, 5) is 20.4. The molecule has 1 aliphatic carbocycles. The van der Waals surface area contributed by atoms with Crippen LogP contribution in [0.1, 0.15) is 58.2 Å². The van der Waals surface area contributed by atoms with Gasteiger partial charge >= 0.3 is 0 Å². The fourth-order valence-corrected chi connectivity index (χ4v) is 4.57. The second-order valence-electron chi connectivity index (χ2n) is 8.89. The van der Waals surface area contributed by atoms with Gasteiger partial charge in [0, 0.05) is 35.5 Å². The van der Waals surface area contributed by atoms with E-state index in [0.717, 1.165) is 40.8 Å². The minimum atomic E-state index is -0.851. The maximum Gasteiger partial charge on any atom is 0.188 e. The summed E-state index contributed by atoms with van der Waals surface area (Å²) in [5.41, 5.74) is 4.02. The number of imidazole rings is 1. The fourth-order valence-electron chi connectivity index (χ4n) is 4.57. The van der Waals surface area contributed by atoms with Gasteiger partial charge in [-0.1, -0.05) is 48.0 Å². The van der Waals surface area contributed by atoms with Gasteiger partial charge in [-0.15, -0.1) is 0 Å². The van der Waals surface area contributed by atoms with Crippen LogP contribution in [0, 0.1) is 6.92 Å². The first-order valence-electron chi connectivity index (χ1n) is 11.7. The number of carbonyl (C=O) groups excluding carboxylic acids is 1. The zero-order valence-corrected chi connectivity index (χ0v) is 19.5. The van der Waals surface area contributed by atoms with E-state index >= 15 is 0 Å². The number of benzene rings is 3. The van der Waals surface area contributed by atoms with E-state index in [4.69, 9.17) is 9.47 Å². The molecule has 5 heteroatoms. The second-order valence-corrected chi connectivity index (χ2v) is 8.89. The lowest BCUT2D eigenvalue weighted by molar-refractivity contribution is 0.0970. The van der Waals surface area contributed by atoms with Crippen LogP contribution >= 0.6 is 0 Å². The third-order valence-corrected chi connectivity index (χ3v) is 6.51. The Hall–Kier alpha value is -3.86. The molecular formula is C29H28N2O3. The lowest BCUT2D eigenvalue weighted by Crippen LogP contribution is -2.33. The Morgan fingerprint density at radius 1 is 1.00 bits per heavy atom. The summed E-state index contributed by atoms with van der Waals surface area (Å²) in [6.45, 7) is 4.38. The van der Waals surface area contributed by atoms with Crippen molar-refractivity contribution in [2.75, 3.05) is 0 Å². The number of nitrogens with zero attached hydrogens (tertiary/aromatic N) is 1. The average Bonchev–Trinajstić information content (AvgIpc) is 3.41. The number of hydrogen-bond donors (Lipinski definition) is 1. The van der Waals surface area contributed by atoms with Crippen LogP contribution in [0.15, 0.2) is 79.1 Å². The van der Waals surface area contributed by atoms with Gasteiger partial charge in [0.25, 0.3) is 0 Å². The van der Waals surface area contributed by atoms with E-state index in [1.165, 1.54) is 5.56 Å². The molecule has 3 aromatic carbocycles. The van der Waals surface area contributed by atoms with E-state index in [-0.39, 0.29) is 5.78 Å². The number of hydrogen-bond acceptors (Lipinski definition) is 4. The molecule has 1 aromatic heterocycles. The first-order valence-corrected chi connectivity index (χ1v) is 11.7. The molecule has 0 bridgehead atoms. The molecule has 5 nitrogen and oxygen atoms in total. The molecule has 0 radical (unpaired) electrons. The van der Waals surface area contributed by atoms with Crippen LogP contribution in [0.25, 0.3) is 0 Å². The summed E-state index contributed by atoms with van der Waals surface area (Å²) in [5.74, 6) is 2.37. The molecule has 1 atom stereocenters. The largest absolute Gasteiger partial charge is 0.489 e. The molecule has 0 saturated heterocycles. The molecule has 0 saturated carbocycles. The van der Waals surface area contributed by atoms with Crippen molar-refractivity contribution in [2.24, 2.45) is 0 Å². The van der Waals surface area contributed by atoms with Crippen molar-refractivity contribution in [1.29, 1.82) is 0 Å². The molecule has 172 valence electrons. The molecule has 0 unspecified atom stereocenters. The van der Waals surface area contributed by atoms with Crippen LogP contribution < -0.4 is 9.47 Å². The summed E-state index contributed by atoms with van der Waals surface area (Å²) < 4.78 is 13.0. The van der Waals surface area contributed by atoms with E-state index in [0.29, 0.717) is 24.6 Å². The van der Waals surface area contributed by atoms with Crippen LogP contribution in [-0.4, -0.2) is 15.8 Å². The molecule has 0 spiro atoms. The minimum absolute atomic E-state index is 0.182. The highest BCUT2D eigenvalue weighted by molar-refractivity contribution is 5.99. The van der Waals surface area contributed by atoms with E-state index in [1.807, 2.05) is 80.6 Å². The fraction of sp³-hybridized carbons (Fsp3) is 0.241. The molecule has 1 N–H and O–H groups in total. The highest BCUT2D eigenvalue weighted by Crippen LogP contribution is 2.38. The monoisotopic (exact) mass is 452 g/mol. The zero-order valence-electron chi connectivity index (χ0n) is 19.5. The third kappa shape index (κ3) is 4.21. The van der Waals surface area contributed by atoms with E-state index < -0.39 is 5.60 Å². The Bertz CT molecular complexity index is 1280. The summed E-state index contributed by atoms with van der Waals surface area (Å²) in [6.07, 6.45) is 5.77. The predicted octanol–water partition coefficient (Wildman–Crippen LogP) is 6.16. The number of aromatic amines is 1. The van der Waals surface area contributed by atoms with Crippen molar-refractivity contribution >= 4 is 5.78 Å². The molecule has 1 aliphatic rings. The molecule has 0 fully saturated rings. The Balaban J connectivity index is 1.57. The first-order chi connectivity index (χ1) is 16.5. The predicted molar refractivity (Wildman–Crippen MR) is 131 cm³/mol. The van der Waals surface area contributed by atoms with Crippen molar-refractivity contribution in [3.8, 4) is 11.5 Å². The Morgan fingerprint density at radius 2 is 1.79 bits per heavy atom. The minimum Gasteiger partial charge on any atom is -0.489 e. The van der Waals surface area contributed by atoms with Crippen molar-refractivity contribution in [3.63, 3.8) is 0 Å². The second kappa shape index (κ2) is 9.18. The molecular weight excluding hydrogens is 424 g/mol. The van der Waals surface area contributed by atoms with Gasteiger partial charge in [0.05, 0.1) is 0 Å². The molecule has 5 rings (SSSR count). The first kappa shape index (κ1) is 22.0. The normalized spacial score (nSPS) is 14.8. The van der Waals surface area contributed by atoms with E-state index in [9.17, 15) is 4.79 Å². The quantitative estimate of drug-likeness (QED) is 0.365. The van der Waals surface area contributed by atoms with Gasteiger partial charge in [0.15, 0.2) is 17.2 Å². The van der Waals surface area contributed by atoms with Gasteiger partial charge in [0.1, 0.15) is 18.1 Å². The van der Waals surface area contributed by atoms with Crippen molar-refractivity contribution < 1.29 is 14.3 Å². The maximum absolute atomic E-state index is 12.7. The van der Waals surface area contributed by atoms with E-state index in [1.54, 1.807) is 12.4 Å². The standard InChI is InChI=1S/C29H28N2O3/c1-20-11-13-22(14-12-20)33-19-25-23-9-6-10-26(32)24(23)15-16-27(25)34-29(2,28-30-17-18-31-28)21-7-4-3-5-8-21/h3-5,7-8,11-18H,6,9-10,19H2,1-2H3,(H,30,31)/t29-/m0/s1. The number of nitrogens with one attached hydrogen (secondary N) is 1. The molecule has 0 aliphatic heterocycles.